The molecular formula is C19H31Cl2N3O2. The van der Waals surface area contributed by atoms with Gasteiger partial charge in [-0.1, -0.05) is 30.3 Å². The van der Waals surface area contributed by atoms with Crippen molar-refractivity contribution in [1.82, 2.24) is 15.1 Å². The monoisotopic (exact) mass is 403 g/mol. The molecule has 1 aromatic rings. The molecule has 5 nitrogen and oxygen atoms in total. The van der Waals surface area contributed by atoms with Crippen LogP contribution in [0.4, 0.5) is 0 Å². The number of nitrogens with one attached hydrogen (secondary N) is 1. The van der Waals surface area contributed by atoms with Crippen LogP contribution in [0.1, 0.15) is 18.4 Å². The number of rotatable bonds is 5. The zero-order valence-corrected chi connectivity index (χ0v) is 17.1. The van der Waals surface area contributed by atoms with Crippen LogP contribution < -0.4 is 5.32 Å². The molecule has 2 saturated heterocycles. The fourth-order valence-electron chi connectivity index (χ4n) is 3.69. The second-order valence-electron chi connectivity index (χ2n) is 6.91. The molecule has 26 heavy (non-hydrogen) atoms. The van der Waals surface area contributed by atoms with E-state index in [4.69, 9.17) is 4.74 Å². The van der Waals surface area contributed by atoms with Crippen molar-refractivity contribution in [1.29, 1.82) is 0 Å². The van der Waals surface area contributed by atoms with Crippen molar-refractivity contribution in [2.24, 2.45) is 5.92 Å². The Morgan fingerprint density at radius 3 is 2.50 bits per heavy atom. The molecule has 7 heteroatoms. The fraction of sp³-hybridized carbons (Fsp3) is 0.632. The van der Waals surface area contributed by atoms with Crippen molar-refractivity contribution in [3.05, 3.63) is 35.9 Å². The summed E-state index contributed by atoms with van der Waals surface area (Å²) in [5, 5.41) is 3.24. The van der Waals surface area contributed by atoms with Gasteiger partial charge in [-0.05, 0) is 37.9 Å². The number of hydrogen-bond acceptors (Lipinski definition) is 4. The number of hydrogen-bond donors (Lipinski definition) is 1. The minimum Gasteiger partial charge on any atom is -0.366 e. The molecule has 0 aliphatic carbocycles. The van der Waals surface area contributed by atoms with Crippen molar-refractivity contribution < 1.29 is 9.53 Å². The summed E-state index contributed by atoms with van der Waals surface area (Å²) in [6.07, 6.45) is 1.88. The number of nitrogens with zero attached hydrogens (tertiary/aromatic N) is 2. The van der Waals surface area contributed by atoms with E-state index in [1.807, 2.05) is 18.0 Å². The van der Waals surface area contributed by atoms with Crippen LogP contribution in [-0.2, 0) is 16.1 Å². The maximum atomic E-state index is 12.8. The second kappa shape index (κ2) is 11.8. The third-order valence-electron chi connectivity index (χ3n) is 5.09. The third-order valence-corrected chi connectivity index (χ3v) is 5.09. The minimum absolute atomic E-state index is 0. The number of likely N-dealkylation sites (tertiary alicyclic amines) is 1. The molecule has 1 amide bonds. The van der Waals surface area contributed by atoms with Crippen molar-refractivity contribution in [3.63, 3.8) is 0 Å². The first-order valence-electron chi connectivity index (χ1n) is 9.07. The Balaban J connectivity index is 0.00000169. The third kappa shape index (κ3) is 6.39. The molecule has 0 radical (unpaired) electrons. The van der Waals surface area contributed by atoms with Gasteiger partial charge in [-0.2, -0.15) is 0 Å². The van der Waals surface area contributed by atoms with Gasteiger partial charge in [0, 0.05) is 32.7 Å². The van der Waals surface area contributed by atoms with Gasteiger partial charge in [-0.3, -0.25) is 9.69 Å². The average Bonchev–Trinajstić information content (AvgIpc) is 2.63. The van der Waals surface area contributed by atoms with Crippen LogP contribution in [0.5, 0.6) is 0 Å². The van der Waals surface area contributed by atoms with E-state index in [0.29, 0.717) is 19.1 Å². The smallest absolute Gasteiger partial charge is 0.253 e. The highest BCUT2D eigenvalue weighted by molar-refractivity contribution is 5.85. The molecule has 0 spiro atoms. The first-order chi connectivity index (χ1) is 11.8. The zero-order valence-electron chi connectivity index (χ0n) is 15.4. The van der Waals surface area contributed by atoms with Gasteiger partial charge in [0.1, 0.15) is 6.10 Å². The lowest BCUT2D eigenvalue weighted by Crippen LogP contribution is -2.52. The van der Waals surface area contributed by atoms with Crippen LogP contribution in [0, 0.1) is 5.92 Å². The van der Waals surface area contributed by atoms with Crippen molar-refractivity contribution in [3.8, 4) is 0 Å². The molecule has 2 aliphatic rings. The van der Waals surface area contributed by atoms with E-state index in [9.17, 15) is 4.79 Å². The molecule has 2 aliphatic heterocycles. The summed E-state index contributed by atoms with van der Waals surface area (Å²) in [7, 11) is 1.99. The van der Waals surface area contributed by atoms with Gasteiger partial charge in [-0.15, -0.1) is 24.8 Å². The molecule has 2 heterocycles. The van der Waals surface area contributed by atoms with Crippen molar-refractivity contribution in [2.75, 3.05) is 46.4 Å². The number of benzene rings is 1. The van der Waals surface area contributed by atoms with Gasteiger partial charge < -0.3 is 15.0 Å². The number of amides is 1. The summed E-state index contributed by atoms with van der Waals surface area (Å²) in [5.74, 6) is 0.872. The molecule has 1 aromatic carbocycles. The van der Waals surface area contributed by atoms with Gasteiger partial charge >= 0.3 is 0 Å². The van der Waals surface area contributed by atoms with Crippen LogP contribution in [0.3, 0.4) is 0 Å². The highest BCUT2D eigenvalue weighted by Gasteiger charge is 2.32. The van der Waals surface area contributed by atoms with E-state index in [1.54, 1.807) is 0 Å². The maximum Gasteiger partial charge on any atom is 0.253 e. The van der Waals surface area contributed by atoms with Crippen LogP contribution in [-0.4, -0.2) is 68.2 Å². The van der Waals surface area contributed by atoms with Crippen molar-refractivity contribution >= 4 is 30.7 Å². The predicted molar refractivity (Wildman–Crippen MR) is 109 cm³/mol. The van der Waals surface area contributed by atoms with Gasteiger partial charge in [0.15, 0.2) is 0 Å². The summed E-state index contributed by atoms with van der Waals surface area (Å²) in [5.41, 5.74) is 1.29. The normalized spacial score (nSPS) is 21.6. The molecule has 0 aromatic heterocycles. The molecule has 2 fully saturated rings. The van der Waals surface area contributed by atoms with Gasteiger partial charge in [0.05, 0.1) is 6.61 Å². The van der Waals surface area contributed by atoms with E-state index in [-0.39, 0.29) is 36.8 Å². The second-order valence-corrected chi connectivity index (χ2v) is 6.91. The maximum absolute atomic E-state index is 12.8. The zero-order chi connectivity index (χ0) is 16.8. The summed E-state index contributed by atoms with van der Waals surface area (Å²) in [4.78, 5) is 17.1. The Bertz CT molecular complexity index is 525. The number of ether oxygens (including phenoxy) is 1. The lowest BCUT2D eigenvalue weighted by molar-refractivity contribution is -0.151. The minimum atomic E-state index is -0.302. The molecule has 1 unspecified atom stereocenters. The molecule has 1 N–H and O–H groups in total. The Hall–Kier alpha value is -0.850. The summed E-state index contributed by atoms with van der Waals surface area (Å²) in [6, 6.07) is 10.4. The Morgan fingerprint density at radius 2 is 1.85 bits per heavy atom. The van der Waals surface area contributed by atoms with E-state index >= 15 is 0 Å². The van der Waals surface area contributed by atoms with Crippen LogP contribution in [0.15, 0.2) is 30.3 Å². The topological polar surface area (TPSA) is 44.8 Å². The van der Waals surface area contributed by atoms with E-state index in [1.165, 1.54) is 5.56 Å². The fourth-order valence-corrected chi connectivity index (χ4v) is 3.69. The SMILES string of the molecule is CNCC1CCN(C(=O)C2CN(Cc3ccccc3)CCO2)CC1.Cl.Cl. The highest BCUT2D eigenvalue weighted by atomic mass is 35.5. The van der Waals surface area contributed by atoms with Gasteiger partial charge in [0.25, 0.3) is 5.91 Å². The van der Waals surface area contributed by atoms with Crippen molar-refractivity contribution in [2.45, 2.75) is 25.5 Å². The largest absolute Gasteiger partial charge is 0.366 e. The number of piperidine rings is 1. The molecular weight excluding hydrogens is 373 g/mol. The summed E-state index contributed by atoms with van der Waals surface area (Å²) >= 11 is 0. The Kier molecular flexibility index (Phi) is 10.5. The standard InChI is InChI=1S/C19H29N3O2.2ClH/c1-20-13-16-7-9-22(10-8-16)19(23)18-15-21(11-12-24-18)14-17-5-3-2-4-6-17;;/h2-6,16,18,20H,7-15H2,1H3;2*1H. The van der Waals surface area contributed by atoms with Crippen LogP contribution in [0.2, 0.25) is 0 Å². The average molecular weight is 404 g/mol. The number of carbonyl (C=O) groups excluding carboxylic acids is 1. The molecule has 3 rings (SSSR count). The Morgan fingerprint density at radius 1 is 1.15 bits per heavy atom. The number of morpholine rings is 1. The molecule has 0 bridgehead atoms. The molecule has 148 valence electrons. The molecule has 1 atom stereocenters. The first-order valence-corrected chi connectivity index (χ1v) is 9.07. The van der Waals surface area contributed by atoms with E-state index in [2.05, 4.69) is 34.5 Å². The lowest BCUT2D eigenvalue weighted by atomic mass is 9.96. The number of halogens is 2. The lowest BCUT2D eigenvalue weighted by Gasteiger charge is -2.37. The summed E-state index contributed by atoms with van der Waals surface area (Å²) in [6.45, 7) is 5.89. The summed E-state index contributed by atoms with van der Waals surface area (Å²) < 4.78 is 5.79. The first kappa shape index (κ1) is 23.2. The van der Waals surface area contributed by atoms with Crippen LogP contribution >= 0.6 is 24.8 Å². The van der Waals surface area contributed by atoms with Gasteiger partial charge in [-0.25, -0.2) is 0 Å². The van der Waals surface area contributed by atoms with E-state index in [0.717, 1.165) is 45.6 Å². The molecule has 0 saturated carbocycles. The van der Waals surface area contributed by atoms with Crippen LogP contribution in [0.25, 0.3) is 0 Å². The highest BCUT2D eigenvalue weighted by Crippen LogP contribution is 2.19. The van der Waals surface area contributed by atoms with Gasteiger partial charge in [0.2, 0.25) is 0 Å². The Labute approximate surface area is 169 Å². The van der Waals surface area contributed by atoms with E-state index < -0.39 is 0 Å². The predicted octanol–water partition coefficient (Wildman–Crippen LogP) is 2.19. The number of carbonyl (C=O) groups is 1. The quantitative estimate of drug-likeness (QED) is 0.817.